The van der Waals surface area contributed by atoms with Crippen molar-refractivity contribution in [3.05, 3.63) is 59.7 Å². The van der Waals surface area contributed by atoms with Crippen molar-refractivity contribution in [3.63, 3.8) is 0 Å². The van der Waals surface area contributed by atoms with Crippen molar-refractivity contribution in [2.24, 2.45) is 0 Å². The molecule has 0 spiro atoms. The van der Waals surface area contributed by atoms with Gasteiger partial charge in [0.15, 0.2) is 0 Å². The third-order valence-electron chi connectivity index (χ3n) is 7.42. The highest BCUT2D eigenvalue weighted by atomic mass is 33.1. The summed E-state index contributed by atoms with van der Waals surface area (Å²) in [4.78, 5) is 23.2. The average molecular weight is 604 g/mol. The highest BCUT2D eigenvalue weighted by Gasteiger charge is 2.12. The summed E-state index contributed by atoms with van der Waals surface area (Å²) in [5.74, 6) is -2.26. The summed E-state index contributed by atoms with van der Waals surface area (Å²) in [6, 6.07) is 13.0. The number of nitrogens with zero attached hydrogens (tertiary/aromatic N) is 1. The molecule has 0 amide bonds. The van der Waals surface area contributed by atoms with E-state index >= 15 is 0 Å². The predicted octanol–water partition coefficient (Wildman–Crippen LogP) is 9.11. The number of unbranched alkanes of at least 4 members (excludes halogenated alkanes) is 13. The maximum atomic E-state index is 11.1. The predicted molar refractivity (Wildman–Crippen MR) is 174 cm³/mol. The van der Waals surface area contributed by atoms with Crippen LogP contribution in [0.15, 0.2) is 58.3 Å². The first-order valence-corrected chi connectivity index (χ1v) is 17.7. The third-order valence-corrected chi connectivity index (χ3v) is 9.90. The molecule has 0 aromatic heterocycles. The number of aromatic carboxylic acids is 2. The zero-order valence-electron chi connectivity index (χ0n) is 25.9. The van der Waals surface area contributed by atoms with Gasteiger partial charge in [-0.3, -0.25) is 0 Å². The van der Waals surface area contributed by atoms with Gasteiger partial charge in [0.05, 0.1) is 38.7 Å². The molecule has 0 radical (unpaired) electrons. The molecular weight excluding hydrogens is 551 g/mol. The Morgan fingerprint density at radius 3 is 1.46 bits per heavy atom. The van der Waals surface area contributed by atoms with Crippen LogP contribution in [0.4, 0.5) is 0 Å². The highest BCUT2D eigenvalue weighted by Crippen LogP contribution is 2.40. The number of benzene rings is 2. The molecule has 0 aliphatic carbocycles. The van der Waals surface area contributed by atoms with Gasteiger partial charge in [-0.1, -0.05) is 136 Å². The Labute approximate surface area is 257 Å². The summed E-state index contributed by atoms with van der Waals surface area (Å²) < 4.78 is 1.19. The van der Waals surface area contributed by atoms with Crippen LogP contribution < -0.4 is 5.11 Å². The van der Waals surface area contributed by atoms with E-state index in [1.54, 1.807) is 36.4 Å². The van der Waals surface area contributed by atoms with Gasteiger partial charge in [-0.05, 0) is 38.0 Å². The zero-order valence-corrected chi connectivity index (χ0v) is 27.5. The Bertz CT molecular complexity index is 939. The number of quaternary nitrogens is 1. The minimum Gasteiger partial charge on any atom is -0.545 e. The van der Waals surface area contributed by atoms with E-state index in [9.17, 15) is 14.7 Å². The van der Waals surface area contributed by atoms with Crippen LogP contribution in [-0.4, -0.2) is 48.7 Å². The number of rotatable bonds is 21. The molecule has 0 unspecified atom stereocenters. The zero-order chi connectivity index (χ0) is 30.3. The van der Waals surface area contributed by atoms with Gasteiger partial charge in [0.1, 0.15) is 0 Å². The molecule has 0 saturated heterocycles. The lowest BCUT2D eigenvalue weighted by Gasteiger charge is -2.28. The summed E-state index contributed by atoms with van der Waals surface area (Å²) >= 11 is 0. The van der Waals surface area contributed by atoms with Crippen LogP contribution in [0.1, 0.15) is 124 Å². The second-order valence-corrected chi connectivity index (χ2v) is 13.5. The normalized spacial score (nSPS) is 11.1. The van der Waals surface area contributed by atoms with E-state index in [2.05, 4.69) is 27.9 Å². The average Bonchev–Trinajstić information content (AvgIpc) is 2.96. The summed E-state index contributed by atoms with van der Waals surface area (Å²) in [5, 5.41) is 20.1. The largest absolute Gasteiger partial charge is 0.545 e. The molecule has 2 rings (SSSR count). The monoisotopic (exact) mass is 603 g/mol. The van der Waals surface area contributed by atoms with Crippen molar-refractivity contribution in [1.82, 2.24) is 0 Å². The lowest BCUT2D eigenvalue weighted by Crippen LogP contribution is -2.39. The van der Waals surface area contributed by atoms with Crippen LogP contribution in [0.5, 0.6) is 0 Å². The van der Waals surface area contributed by atoms with Crippen LogP contribution in [0.2, 0.25) is 0 Å². The van der Waals surface area contributed by atoms with Crippen LogP contribution in [0, 0.1) is 0 Å². The first kappa shape index (κ1) is 37.1. The number of carboxylic acid groups (broad SMARTS) is 2. The van der Waals surface area contributed by atoms with Gasteiger partial charge in [-0.15, -0.1) is 0 Å². The lowest BCUT2D eigenvalue weighted by atomic mass is 10.0. The van der Waals surface area contributed by atoms with Crippen molar-refractivity contribution in [1.29, 1.82) is 0 Å². The number of hydrogen-bond acceptors (Lipinski definition) is 5. The van der Waals surface area contributed by atoms with Gasteiger partial charge in [-0.2, -0.15) is 0 Å². The molecule has 0 aliphatic heterocycles. The fraction of sp³-hybridized carbons (Fsp3) is 0.588. The SMILES string of the molecule is CCCCCCCCCCCCCCCC[N+](C)(C)CC.O=C([O-])c1ccccc1SSc1ccccc1C(=O)O. The van der Waals surface area contributed by atoms with Crippen molar-refractivity contribution >= 4 is 33.5 Å². The number of carboxylic acids is 2. The molecule has 41 heavy (non-hydrogen) atoms. The molecule has 2 aromatic carbocycles. The Morgan fingerprint density at radius 2 is 1.05 bits per heavy atom. The Balaban J connectivity index is 0.000000410. The molecular formula is C34H53NO4S2. The van der Waals surface area contributed by atoms with E-state index in [1.807, 2.05) is 0 Å². The summed E-state index contributed by atoms with van der Waals surface area (Å²) in [5.41, 5.74) is 0.286. The minimum atomic E-state index is -1.25. The smallest absolute Gasteiger partial charge is 0.336 e. The van der Waals surface area contributed by atoms with Gasteiger partial charge < -0.3 is 19.5 Å². The molecule has 0 fully saturated rings. The maximum Gasteiger partial charge on any atom is 0.336 e. The maximum absolute atomic E-state index is 11.1. The summed E-state index contributed by atoms with van der Waals surface area (Å²) in [6.45, 7) is 7.21. The van der Waals surface area contributed by atoms with Crippen LogP contribution >= 0.6 is 21.6 Å². The van der Waals surface area contributed by atoms with Crippen molar-refractivity contribution in [3.8, 4) is 0 Å². The van der Waals surface area contributed by atoms with E-state index in [1.165, 1.54) is 141 Å². The molecule has 0 bridgehead atoms. The second kappa shape index (κ2) is 22.6. The highest BCUT2D eigenvalue weighted by molar-refractivity contribution is 8.76. The first-order chi connectivity index (χ1) is 19.7. The van der Waals surface area contributed by atoms with Gasteiger partial charge in [0.2, 0.25) is 0 Å². The third kappa shape index (κ3) is 17.6. The molecule has 7 heteroatoms. The fourth-order valence-electron chi connectivity index (χ4n) is 4.41. The van der Waals surface area contributed by atoms with Crippen molar-refractivity contribution < 1.29 is 24.3 Å². The lowest BCUT2D eigenvalue weighted by molar-refractivity contribution is -0.888. The first-order valence-electron chi connectivity index (χ1n) is 15.5. The molecule has 5 nitrogen and oxygen atoms in total. The van der Waals surface area contributed by atoms with E-state index in [4.69, 9.17) is 5.11 Å². The topological polar surface area (TPSA) is 77.4 Å². The fourth-order valence-corrected chi connectivity index (χ4v) is 6.75. The van der Waals surface area contributed by atoms with E-state index in [0.717, 1.165) is 0 Å². The van der Waals surface area contributed by atoms with Crippen LogP contribution in [-0.2, 0) is 0 Å². The summed E-state index contributed by atoms with van der Waals surface area (Å²) in [6.07, 6.45) is 20.4. The molecule has 0 aliphatic rings. The molecule has 0 heterocycles. The quantitative estimate of drug-likeness (QED) is 0.0871. The van der Waals surface area contributed by atoms with Gasteiger partial charge in [0.25, 0.3) is 0 Å². The van der Waals surface area contributed by atoms with E-state index < -0.39 is 11.9 Å². The Kier molecular flexibility index (Phi) is 20.4. The summed E-state index contributed by atoms with van der Waals surface area (Å²) in [7, 11) is 7.10. The van der Waals surface area contributed by atoms with Gasteiger partial charge in [-0.25, -0.2) is 4.79 Å². The van der Waals surface area contributed by atoms with E-state index in [-0.39, 0.29) is 11.1 Å². The van der Waals surface area contributed by atoms with Crippen LogP contribution in [0.25, 0.3) is 0 Å². The molecule has 2 aromatic rings. The van der Waals surface area contributed by atoms with Crippen LogP contribution in [0.3, 0.4) is 0 Å². The van der Waals surface area contributed by atoms with Gasteiger partial charge >= 0.3 is 5.97 Å². The van der Waals surface area contributed by atoms with Crippen molar-refractivity contribution in [2.75, 3.05) is 27.2 Å². The standard InChI is InChI=1S/C20H44N.C14H10O4S2/c1-5-7-8-9-10-11-12-13-14-15-16-17-18-19-20-21(3,4)6-2;15-13(16)9-5-1-3-7-11(9)19-20-12-8-4-2-6-10(12)14(17)18/h5-20H2,1-4H3;1-8H,(H,15,16)(H,17,18)/q+1;/p-1. The molecule has 0 atom stereocenters. The second-order valence-electron chi connectivity index (χ2n) is 11.3. The molecule has 1 N–H and O–H groups in total. The van der Waals surface area contributed by atoms with E-state index in [0.29, 0.717) is 9.79 Å². The Morgan fingerprint density at radius 1 is 0.659 bits per heavy atom. The Hall–Kier alpha value is -1.96. The number of carbonyl (C=O) groups is 2. The number of carbonyl (C=O) groups excluding carboxylic acids is 1. The molecule has 230 valence electrons. The van der Waals surface area contributed by atoms with Gasteiger partial charge in [0, 0.05) is 15.4 Å². The minimum absolute atomic E-state index is 0.0952. The molecule has 0 saturated carbocycles. The van der Waals surface area contributed by atoms with Crippen molar-refractivity contribution in [2.45, 2.75) is 114 Å². The number of hydrogen-bond donors (Lipinski definition) is 1.